The molecule has 5 heteroatoms. The van der Waals surface area contributed by atoms with Crippen molar-refractivity contribution in [1.29, 1.82) is 0 Å². The minimum atomic E-state index is -2.70. The number of fused-ring (bicyclic) bond motifs is 3. The van der Waals surface area contributed by atoms with E-state index in [0.717, 1.165) is 0 Å². The molecule has 5 rings (SSSR count). The molecule has 0 saturated carbocycles. The third-order valence-electron chi connectivity index (χ3n) is 14.0. The van der Waals surface area contributed by atoms with E-state index >= 15 is 0 Å². The topological polar surface area (TPSA) is 0 Å². The summed E-state index contributed by atoms with van der Waals surface area (Å²) in [7, 11) is -2.55. The van der Waals surface area contributed by atoms with Crippen molar-refractivity contribution < 1.29 is 0 Å². The molecule has 2 aromatic carbocycles. The Kier molecular flexibility index (Phi) is 19.9. The first-order valence-corrected chi connectivity index (χ1v) is 42.9. The molecule has 0 unspecified atom stereocenters. The van der Waals surface area contributed by atoms with E-state index in [9.17, 15) is 0 Å². The zero-order valence-electron chi connectivity index (χ0n) is 38.1. The first kappa shape index (κ1) is 47.7. The molecule has 0 aliphatic carbocycles. The van der Waals surface area contributed by atoms with E-state index in [1.54, 1.807) is 57.1 Å². The SMILES string of the molecule is CCCCc1ccc([Si]2(c3ccc(CCCC)cc3)c3c[c]([Sn]([CH2]CCC)([CH2]CCC)[CH2]CCC)sc3-c3s[c]([Sn]([CH2]CCC)([CH2]CCC)[CH2]CCC)cc32)cc1. The minimum absolute atomic E-state index is 1.20. The summed E-state index contributed by atoms with van der Waals surface area (Å²) in [4.78, 5) is 3.50. The summed E-state index contributed by atoms with van der Waals surface area (Å²) < 4.78 is 13.3. The van der Waals surface area contributed by atoms with Gasteiger partial charge in [-0.05, 0) is 0 Å². The van der Waals surface area contributed by atoms with Crippen molar-refractivity contribution in [1.82, 2.24) is 0 Å². The van der Waals surface area contributed by atoms with Crippen LogP contribution >= 0.6 is 22.7 Å². The fraction of sp³-hybridized carbons (Fsp3) is 0.615. The van der Waals surface area contributed by atoms with Crippen molar-refractivity contribution in [2.45, 2.75) is 198 Å². The van der Waals surface area contributed by atoms with Gasteiger partial charge in [0.2, 0.25) is 0 Å². The van der Waals surface area contributed by atoms with E-state index in [1.165, 1.54) is 127 Å². The Labute approximate surface area is 369 Å². The van der Waals surface area contributed by atoms with Crippen molar-refractivity contribution >= 4 is 94.0 Å². The summed E-state index contributed by atoms with van der Waals surface area (Å²) in [5, 5.41) is 6.93. The van der Waals surface area contributed by atoms with Gasteiger partial charge in [0.25, 0.3) is 0 Å². The molecular formula is C52H82S2SiSn2. The molecule has 1 aliphatic rings. The Hall–Kier alpha value is -0.346. The molecule has 314 valence electrons. The second-order valence-electron chi connectivity index (χ2n) is 18.2. The zero-order chi connectivity index (χ0) is 40.7. The van der Waals surface area contributed by atoms with Gasteiger partial charge in [-0.1, -0.05) is 0 Å². The molecule has 57 heavy (non-hydrogen) atoms. The molecule has 2 aromatic heterocycles. The van der Waals surface area contributed by atoms with Crippen LogP contribution in [0.1, 0.15) is 169 Å². The molecule has 0 spiro atoms. The third kappa shape index (κ3) is 10.8. The number of benzene rings is 2. The van der Waals surface area contributed by atoms with Crippen LogP contribution in [0, 0.1) is 0 Å². The van der Waals surface area contributed by atoms with Gasteiger partial charge in [-0.3, -0.25) is 0 Å². The van der Waals surface area contributed by atoms with E-state index in [-0.39, 0.29) is 0 Å². The summed E-state index contributed by atoms with van der Waals surface area (Å²) >= 11 is -0.642. The van der Waals surface area contributed by atoms with Gasteiger partial charge in [-0.2, -0.15) is 0 Å². The summed E-state index contributed by atoms with van der Waals surface area (Å²) in [5.41, 5.74) is 3.05. The second-order valence-corrected chi connectivity index (χ2v) is 52.4. The Morgan fingerprint density at radius 1 is 0.386 bits per heavy atom. The Balaban J connectivity index is 1.86. The summed E-state index contributed by atoms with van der Waals surface area (Å²) in [6.45, 7) is 19.4. The molecule has 0 radical (unpaired) electrons. The van der Waals surface area contributed by atoms with Crippen molar-refractivity contribution in [3.8, 4) is 9.75 Å². The monoisotopic (exact) mass is 1040 g/mol. The Morgan fingerprint density at radius 2 is 0.667 bits per heavy atom. The van der Waals surface area contributed by atoms with E-state index in [2.05, 4.69) is 139 Å². The number of unbranched alkanes of at least 4 members (excludes halogenated alkanes) is 8. The number of hydrogen-bond donors (Lipinski definition) is 0. The predicted octanol–water partition coefficient (Wildman–Crippen LogP) is 14.0. The zero-order valence-corrected chi connectivity index (χ0v) is 46.4. The van der Waals surface area contributed by atoms with E-state index in [0.29, 0.717) is 0 Å². The van der Waals surface area contributed by atoms with E-state index in [4.69, 9.17) is 0 Å². The second kappa shape index (κ2) is 23.8. The van der Waals surface area contributed by atoms with Crippen LogP contribution in [0.4, 0.5) is 0 Å². The summed E-state index contributed by atoms with van der Waals surface area (Å²) in [5.74, 6) is 0. The summed E-state index contributed by atoms with van der Waals surface area (Å²) in [6.07, 6.45) is 24.2. The van der Waals surface area contributed by atoms with Gasteiger partial charge < -0.3 is 0 Å². The standard InChI is InChI=1S/C28H28S2Si.6C4H9.2Sn/c1-3-5-7-21-9-13-23(14-10-21)31(24-15-11-22(12-16-24)8-6-4-2)25-17-19-29-27(25)28-26(31)18-20-30-28;6*1-3-4-2;;/h9-18H,3-8H2,1-2H3;6*1,3-4H2,2H3;;. The van der Waals surface area contributed by atoms with Gasteiger partial charge in [0.05, 0.1) is 0 Å². The van der Waals surface area contributed by atoms with Gasteiger partial charge in [-0.25, -0.2) is 0 Å². The van der Waals surface area contributed by atoms with Crippen LogP contribution in [-0.4, -0.2) is 44.8 Å². The van der Waals surface area contributed by atoms with Crippen LogP contribution in [0.5, 0.6) is 0 Å². The predicted molar refractivity (Wildman–Crippen MR) is 271 cm³/mol. The van der Waals surface area contributed by atoms with Crippen molar-refractivity contribution in [3.63, 3.8) is 0 Å². The normalized spacial score (nSPS) is 13.7. The molecule has 0 N–H and O–H groups in total. The Morgan fingerprint density at radius 3 is 0.930 bits per heavy atom. The summed E-state index contributed by atoms with van der Waals surface area (Å²) in [6, 6.07) is 26.8. The molecule has 0 amide bonds. The number of aryl methyl sites for hydroxylation is 2. The number of hydrogen-bond acceptors (Lipinski definition) is 2. The van der Waals surface area contributed by atoms with Crippen LogP contribution < -0.4 is 26.5 Å². The third-order valence-corrected chi connectivity index (χ3v) is 58.0. The number of rotatable bonds is 28. The van der Waals surface area contributed by atoms with Crippen LogP contribution in [-0.2, 0) is 12.8 Å². The molecule has 0 bridgehead atoms. The molecule has 0 fully saturated rings. The van der Waals surface area contributed by atoms with Crippen LogP contribution in [0.15, 0.2) is 60.7 Å². The van der Waals surface area contributed by atoms with Gasteiger partial charge in [0.15, 0.2) is 0 Å². The first-order valence-electron chi connectivity index (χ1n) is 24.3. The van der Waals surface area contributed by atoms with Crippen LogP contribution in [0.2, 0.25) is 26.6 Å². The molecule has 3 heterocycles. The molecule has 0 saturated heterocycles. The molecule has 0 nitrogen and oxygen atoms in total. The van der Waals surface area contributed by atoms with E-state index in [1.807, 2.05) is 5.79 Å². The Bertz CT molecular complexity index is 1580. The van der Waals surface area contributed by atoms with Crippen LogP contribution in [0.25, 0.3) is 9.75 Å². The first-order chi connectivity index (χ1) is 27.9. The van der Waals surface area contributed by atoms with Crippen molar-refractivity contribution in [2.75, 3.05) is 0 Å². The molecule has 1 aliphatic heterocycles. The van der Waals surface area contributed by atoms with Gasteiger partial charge >= 0.3 is 373 Å². The van der Waals surface area contributed by atoms with Crippen molar-refractivity contribution in [3.05, 3.63) is 71.8 Å². The van der Waals surface area contributed by atoms with Gasteiger partial charge in [0.1, 0.15) is 0 Å². The maximum atomic E-state index is 2.98. The molecule has 4 aromatic rings. The average Bonchev–Trinajstić information content (AvgIpc) is 3.95. The average molecular weight is 1040 g/mol. The fourth-order valence-electron chi connectivity index (χ4n) is 10.3. The maximum absolute atomic E-state index is 2.98. The number of thiophene rings is 2. The van der Waals surface area contributed by atoms with Crippen LogP contribution in [0.3, 0.4) is 0 Å². The van der Waals surface area contributed by atoms with Crippen molar-refractivity contribution in [2.24, 2.45) is 0 Å². The quantitative estimate of drug-likeness (QED) is 0.0438. The fourth-order valence-corrected chi connectivity index (χ4v) is 58.1. The van der Waals surface area contributed by atoms with E-state index < -0.39 is 44.8 Å². The molecular weight excluding hydrogens is 954 g/mol. The molecule has 0 atom stereocenters. The van der Waals surface area contributed by atoms with Gasteiger partial charge in [-0.15, -0.1) is 0 Å². The van der Waals surface area contributed by atoms with Gasteiger partial charge in [0, 0.05) is 0 Å².